The van der Waals surface area contributed by atoms with E-state index >= 15 is 0 Å². The number of nitrogens with zero attached hydrogens (tertiary/aromatic N) is 4. The van der Waals surface area contributed by atoms with E-state index in [1.54, 1.807) is 6.33 Å². The zero-order valence-electron chi connectivity index (χ0n) is 14.0. The summed E-state index contributed by atoms with van der Waals surface area (Å²) in [5.41, 5.74) is -0.516. The molecule has 0 atom stereocenters. The van der Waals surface area contributed by atoms with E-state index in [9.17, 15) is 4.79 Å². The molecule has 0 aromatic carbocycles. The van der Waals surface area contributed by atoms with Crippen molar-refractivity contribution in [1.29, 1.82) is 0 Å². The second-order valence-corrected chi connectivity index (χ2v) is 6.45. The van der Waals surface area contributed by atoms with Crippen LogP contribution in [0.5, 0.6) is 0 Å². The molecule has 7 heteroatoms. The summed E-state index contributed by atoms with van der Waals surface area (Å²) in [7, 11) is 0. The highest BCUT2D eigenvalue weighted by Gasteiger charge is 2.35. The van der Waals surface area contributed by atoms with Crippen LogP contribution in [0.4, 0.5) is 0 Å². The third kappa shape index (κ3) is 3.84. The van der Waals surface area contributed by atoms with E-state index in [4.69, 9.17) is 4.74 Å². The molecular formula is C15H27N5O2. The lowest BCUT2D eigenvalue weighted by molar-refractivity contribution is -0.134. The Morgan fingerprint density at radius 3 is 2.73 bits per heavy atom. The molecule has 1 N–H and O–H groups in total. The monoisotopic (exact) mass is 309 g/mol. The molecule has 1 amide bonds. The van der Waals surface area contributed by atoms with Crippen molar-refractivity contribution in [2.45, 2.75) is 45.7 Å². The van der Waals surface area contributed by atoms with Gasteiger partial charge in [0.1, 0.15) is 12.2 Å². The van der Waals surface area contributed by atoms with Crippen molar-refractivity contribution in [3.05, 3.63) is 12.2 Å². The van der Waals surface area contributed by atoms with Gasteiger partial charge in [-0.25, -0.2) is 0 Å². The zero-order chi connectivity index (χ0) is 16.2. The molecule has 0 unspecified atom stereocenters. The highest BCUT2D eigenvalue weighted by atomic mass is 16.5. The summed E-state index contributed by atoms with van der Waals surface area (Å²) in [6.45, 7) is 12.3. The Morgan fingerprint density at radius 1 is 1.41 bits per heavy atom. The van der Waals surface area contributed by atoms with Crippen LogP contribution in [0.2, 0.25) is 0 Å². The van der Waals surface area contributed by atoms with Crippen LogP contribution in [-0.2, 0) is 16.1 Å². The van der Waals surface area contributed by atoms with Crippen molar-refractivity contribution in [3.63, 3.8) is 0 Å². The van der Waals surface area contributed by atoms with E-state index in [-0.39, 0.29) is 5.91 Å². The number of ether oxygens (including phenoxy) is 1. The first kappa shape index (κ1) is 16.9. The Labute approximate surface area is 132 Å². The van der Waals surface area contributed by atoms with Crippen molar-refractivity contribution in [2.24, 2.45) is 0 Å². The molecule has 1 fully saturated rings. The minimum Gasteiger partial charge on any atom is -0.379 e. The lowest BCUT2D eigenvalue weighted by Crippen LogP contribution is -2.58. The van der Waals surface area contributed by atoms with E-state index in [2.05, 4.69) is 34.3 Å². The first-order valence-corrected chi connectivity index (χ1v) is 7.91. The Balaban J connectivity index is 1.85. The molecule has 1 aromatic heterocycles. The van der Waals surface area contributed by atoms with E-state index in [0.717, 1.165) is 18.9 Å². The summed E-state index contributed by atoms with van der Waals surface area (Å²) < 4.78 is 7.34. The van der Waals surface area contributed by atoms with E-state index in [1.165, 1.54) is 0 Å². The predicted octanol–water partition coefficient (Wildman–Crippen LogP) is 0.629. The van der Waals surface area contributed by atoms with Gasteiger partial charge in [0, 0.05) is 32.1 Å². The highest BCUT2D eigenvalue weighted by Crippen LogP contribution is 2.16. The molecule has 1 aromatic rings. The number of hydrogen-bond donors (Lipinski definition) is 1. The predicted molar refractivity (Wildman–Crippen MR) is 83.6 cm³/mol. The van der Waals surface area contributed by atoms with E-state index in [0.29, 0.717) is 32.2 Å². The van der Waals surface area contributed by atoms with Gasteiger partial charge in [-0.05, 0) is 13.8 Å². The number of morpholine rings is 1. The van der Waals surface area contributed by atoms with Crippen LogP contribution in [0.15, 0.2) is 6.33 Å². The van der Waals surface area contributed by atoms with Gasteiger partial charge in [0.05, 0.1) is 18.8 Å². The molecule has 0 spiro atoms. The van der Waals surface area contributed by atoms with Crippen LogP contribution in [0, 0.1) is 0 Å². The summed E-state index contributed by atoms with van der Waals surface area (Å²) in [6, 6.07) is 0. The van der Waals surface area contributed by atoms with Gasteiger partial charge in [-0.15, -0.1) is 10.2 Å². The molecule has 1 aliphatic heterocycles. The van der Waals surface area contributed by atoms with Crippen molar-refractivity contribution < 1.29 is 9.53 Å². The number of amides is 1. The Morgan fingerprint density at radius 2 is 2.09 bits per heavy atom. The number of hydrogen-bond acceptors (Lipinski definition) is 5. The fourth-order valence-corrected chi connectivity index (χ4v) is 2.66. The largest absolute Gasteiger partial charge is 0.379 e. The fourth-order valence-electron chi connectivity index (χ4n) is 2.66. The Bertz CT molecular complexity index is 492. The van der Waals surface area contributed by atoms with Crippen LogP contribution < -0.4 is 5.32 Å². The standard InChI is InChI=1S/C15H27N5O2/c1-12(2)13-18-17-11-19(13)6-5-16-14(21)15(3,4)20-7-9-22-10-8-20/h11-12H,5-10H2,1-4H3,(H,16,21). The summed E-state index contributed by atoms with van der Waals surface area (Å²) in [5.74, 6) is 1.32. The molecule has 0 radical (unpaired) electrons. The van der Waals surface area contributed by atoms with Gasteiger partial charge in [0.2, 0.25) is 5.91 Å². The second-order valence-electron chi connectivity index (χ2n) is 6.45. The molecule has 1 saturated heterocycles. The topological polar surface area (TPSA) is 72.3 Å². The SMILES string of the molecule is CC(C)c1nncn1CCNC(=O)C(C)(C)N1CCOCC1. The summed E-state index contributed by atoms with van der Waals surface area (Å²) in [6.07, 6.45) is 1.72. The summed E-state index contributed by atoms with van der Waals surface area (Å²) >= 11 is 0. The van der Waals surface area contributed by atoms with Crippen LogP contribution in [-0.4, -0.2) is 64.0 Å². The molecule has 0 aliphatic carbocycles. The maximum Gasteiger partial charge on any atom is 0.240 e. The van der Waals surface area contributed by atoms with E-state index in [1.807, 2.05) is 18.4 Å². The third-order valence-corrected chi connectivity index (χ3v) is 4.16. The second kappa shape index (κ2) is 7.19. The Kier molecular flexibility index (Phi) is 5.52. The molecule has 0 bridgehead atoms. The maximum absolute atomic E-state index is 12.5. The number of carbonyl (C=O) groups is 1. The minimum absolute atomic E-state index is 0.0496. The third-order valence-electron chi connectivity index (χ3n) is 4.16. The maximum atomic E-state index is 12.5. The lowest BCUT2D eigenvalue weighted by atomic mass is 10.0. The lowest BCUT2D eigenvalue weighted by Gasteiger charge is -2.39. The van der Waals surface area contributed by atoms with Crippen LogP contribution in [0.3, 0.4) is 0 Å². The van der Waals surface area contributed by atoms with Gasteiger partial charge >= 0.3 is 0 Å². The van der Waals surface area contributed by atoms with Crippen LogP contribution >= 0.6 is 0 Å². The number of rotatable bonds is 6. The van der Waals surface area contributed by atoms with Gasteiger partial charge in [-0.1, -0.05) is 13.8 Å². The van der Waals surface area contributed by atoms with Crippen molar-refractivity contribution in [2.75, 3.05) is 32.8 Å². The van der Waals surface area contributed by atoms with Crippen LogP contribution in [0.1, 0.15) is 39.4 Å². The highest BCUT2D eigenvalue weighted by molar-refractivity contribution is 5.85. The summed E-state index contributed by atoms with van der Waals surface area (Å²) in [4.78, 5) is 14.6. The first-order chi connectivity index (χ1) is 10.4. The molecule has 2 heterocycles. The van der Waals surface area contributed by atoms with Gasteiger partial charge in [-0.2, -0.15) is 0 Å². The van der Waals surface area contributed by atoms with E-state index < -0.39 is 5.54 Å². The zero-order valence-corrected chi connectivity index (χ0v) is 14.0. The molecule has 0 saturated carbocycles. The number of carbonyl (C=O) groups excluding carboxylic acids is 1. The van der Waals surface area contributed by atoms with Gasteiger partial charge in [-0.3, -0.25) is 9.69 Å². The molecule has 1 aliphatic rings. The van der Waals surface area contributed by atoms with Gasteiger partial charge < -0.3 is 14.6 Å². The first-order valence-electron chi connectivity index (χ1n) is 7.91. The number of aromatic nitrogens is 3. The smallest absolute Gasteiger partial charge is 0.240 e. The van der Waals surface area contributed by atoms with Crippen molar-refractivity contribution in [1.82, 2.24) is 25.0 Å². The molecule has 22 heavy (non-hydrogen) atoms. The normalized spacial score (nSPS) is 17.0. The fraction of sp³-hybridized carbons (Fsp3) is 0.800. The molecule has 7 nitrogen and oxygen atoms in total. The minimum atomic E-state index is -0.516. The van der Waals surface area contributed by atoms with Crippen molar-refractivity contribution in [3.8, 4) is 0 Å². The number of nitrogens with one attached hydrogen (secondary N) is 1. The van der Waals surface area contributed by atoms with Gasteiger partial charge in [0.15, 0.2) is 0 Å². The quantitative estimate of drug-likeness (QED) is 0.834. The average molecular weight is 309 g/mol. The summed E-state index contributed by atoms with van der Waals surface area (Å²) in [5, 5.41) is 11.1. The molecular weight excluding hydrogens is 282 g/mol. The molecule has 2 rings (SSSR count). The van der Waals surface area contributed by atoms with Crippen molar-refractivity contribution >= 4 is 5.91 Å². The Hall–Kier alpha value is -1.47. The average Bonchev–Trinajstić information content (AvgIpc) is 2.96. The molecule has 124 valence electrons. The van der Waals surface area contributed by atoms with Crippen LogP contribution in [0.25, 0.3) is 0 Å². The van der Waals surface area contributed by atoms with Gasteiger partial charge in [0.25, 0.3) is 0 Å².